The molecule has 1 aromatic rings. The zero-order valence-electron chi connectivity index (χ0n) is 4.93. The largest absolute Gasteiger partial charge is 0.440 e. The molecule has 0 aliphatic heterocycles. The highest BCUT2D eigenvalue weighted by Crippen LogP contribution is 2.13. The molecule has 0 fully saturated rings. The summed E-state index contributed by atoms with van der Waals surface area (Å²) in [5, 5.41) is 0.672. The summed E-state index contributed by atoms with van der Waals surface area (Å²) in [5.41, 5.74) is 0.793. The predicted molar refractivity (Wildman–Crippen MR) is 37.8 cm³/mol. The summed E-state index contributed by atoms with van der Waals surface area (Å²) >= 11 is 6.93. The Balaban J connectivity index is 2.74. The van der Waals surface area contributed by atoms with Gasteiger partial charge in [-0.05, 0) is 6.26 Å². The Bertz CT molecular complexity index is 170. The molecule has 0 aromatic carbocycles. The molecule has 0 radical (unpaired) electrons. The molecular weight excluding hydrogens is 158 g/mol. The van der Waals surface area contributed by atoms with Gasteiger partial charge >= 0.3 is 0 Å². The maximum atomic E-state index is 5.47. The molecular formula is C5H6ClNOS. The average Bonchev–Trinajstić information content (AvgIpc) is 2.34. The van der Waals surface area contributed by atoms with Gasteiger partial charge in [0.05, 0.1) is 11.6 Å². The first-order valence-corrected chi connectivity index (χ1v) is 4.17. The molecule has 0 saturated carbocycles. The van der Waals surface area contributed by atoms with Crippen LogP contribution in [0, 0.1) is 0 Å². The van der Waals surface area contributed by atoms with E-state index in [1.165, 1.54) is 11.8 Å². The van der Waals surface area contributed by atoms with E-state index in [9.17, 15) is 0 Å². The average molecular weight is 164 g/mol. The van der Waals surface area contributed by atoms with Gasteiger partial charge in [-0.15, -0.1) is 11.6 Å². The molecule has 0 saturated heterocycles. The first-order chi connectivity index (χ1) is 4.36. The molecule has 0 amide bonds. The second-order valence-electron chi connectivity index (χ2n) is 1.44. The highest BCUT2D eigenvalue weighted by atomic mass is 35.5. The Morgan fingerprint density at radius 1 is 1.89 bits per heavy atom. The fourth-order valence-electron chi connectivity index (χ4n) is 0.444. The van der Waals surface area contributed by atoms with Crippen LogP contribution in [-0.2, 0) is 5.88 Å². The van der Waals surface area contributed by atoms with Crippen molar-refractivity contribution in [2.24, 2.45) is 0 Å². The van der Waals surface area contributed by atoms with Crippen molar-refractivity contribution < 1.29 is 4.42 Å². The number of alkyl halides is 1. The topological polar surface area (TPSA) is 26.0 Å². The smallest absolute Gasteiger partial charge is 0.255 e. The number of hydrogen-bond acceptors (Lipinski definition) is 3. The molecule has 9 heavy (non-hydrogen) atoms. The third-order valence-electron chi connectivity index (χ3n) is 0.842. The number of oxazole rings is 1. The lowest BCUT2D eigenvalue weighted by atomic mass is 10.6. The lowest BCUT2D eigenvalue weighted by molar-refractivity contribution is 0.454. The fraction of sp³-hybridized carbons (Fsp3) is 0.400. The summed E-state index contributed by atoms with van der Waals surface area (Å²) in [6.07, 6.45) is 3.47. The summed E-state index contributed by atoms with van der Waals surface area (Å²) in [5.74, 6) is 0.421. The molecule has 1 rings (SSSR count). The van der Waals surface area contributed by atoms with Crippen molar-refractivity contribution in [1.82, 2.24) is 4.98 Å². The monoisotopic (exact) mass is 163 g/mol. The van der Waals surface area contributed by atoms with E-state index in [2.05, 4.69) is 4.98 Å². The zero-order chi connectivity index (χ0) is 6.69. The fourth-order valence-corrected chi connectivity index (χ4v) is 0.919. The highest BCUT2D eigenvalue weighted by Gasteiger charge is 1.98. The first-order valence-electron chi connectivity index (χ1n) is 2.41. The molecule has 1 aromatic heterocycles. The SMILES string of the molecule is CSc1nc(CCl)co1. The van der Waals surface area contributed by atoms with Crippen LogP contribution in [0.5, 0.6) is 0 Å². The number of hydrogen-bond donors (Lipinski definition) is 0. The molecule has 0 unspecified atom stereocenters. The zero-order valence-corrected chi connectivity index (χ0v) is 6.50. The van der Waals surface area contributed by atoms with Crippen molar-refractivity contribution >= 4 is 23.4 Å². The Morgan fingerprint density at radius 3 is 3.00 bits per heavy atom. The van der Waals surface area contributed by atoms with Gasteiger partial charge in [0.25, 0.3) is 5.22 Å². The predicted octanol–water partition coefficient (Wildman–Crippen LogP) is 2.14. The second-order valence-corrected chi connectivity index (χ2v) is 2.47. The molecule has 4 heteroatoms. The third kappa shape index (κ3) is 1.63. The van der Waals surface area contributed by atoms with Crippen LogP contribution in [-0.4, -0.2) is 11.2 Å². The maximum Gasteiger partial charge on any atom is 0.255 e. The van der Waals surface area contributed by atoms with Crippen LogP contribution in [0.15, 0.2) is 15.9 Å². The van der Waals surface area contributed by atoms with Gasteiger partial charge < -0.3 is 4.42 Å². The molecule has 0 spiro atoms. The van der Waals surface area contributed by atoms with Crippen LogP contribution in [0.25, 0.3) is 0 Å². The van der Waals surface area contributed by atoms with Gasteiger partial charge in [-0.25, -0.2) is 4.98 Å². The van der Waals surface area contributed by atoms with E-state index in [1.807, 2.05) is 6.26 Å². The number of thioether (sulfide) groups is 1. The van der Waals surface area contributed by atoms with Crippen LogP contribution in [0.2, 0.25) is 0 Å². The van der Waals surface area contributed by atoms with Crippen LogP contribution in [0.3, 0.4) is 0 Å². The minimum Gasteiger partial charge on any atom is -0.440 e. The van der Waals surface area contributed by atoms with Crippen molar-refractivity contribution in [3.63, 3.8) is 0 Å². The maximum absolute atomic E-state index is 5.47. The van der Waals surface area contributed by atoms with Gasteiger partial charge in [-0.1, -0.05) is 11.8 Å². The van der Waals surface area contributed by atoms with Gasteiger partial charge in [0.1, 0.15) is 6.26 Å². The minimum absolute atomic E-state index is 0.421. The van der Waals surface area contributed by atoms with E-state index in [0.717, 1.165) is 5.69 Å². The number of rotatable bonds is 2. The Hall–Kier alpha value is -0.150. The summed E-state index contributed by atoms with van der Waals surface area (Å²) in [7, 11) is 0. The van der Waals surface area contributed by atoms with E-state index in [1.54, 1.807) is 6.26 Å². The molecule has 0 aliphatic carbocycles. The Morgan fingerprint density at radius 2 is 2.67 bits per heavy atom. The van der Waals surface area contributed by atoms with E-state index >= 15 is 0 Å². The molecule has 0 atom stereocenters. The van der Waals surface area contributed by atoms with Gasteiger partial charge in [0, 0.05) is 0 Å². The first kappa shape index (κ1) is 6.96. The molecule has 2 nitrogen and oxygen atoms in total. The van der Waals surface area contributed by atoms with E-state index in [-0.39, 0.29) is 0 Å². The lowest BCUT2D eigenvalue weighted by Gasteiger charge is -1.79. The number of halogens is 1. The summed E-state index contributed by atoms with van der Waals surface area (Å²) in [6, 6.07) is 0. The van der Waals surface area contributed by atoms with Crippen molar-refractivity contribution in [1.29, 1.82) is 0 Å². The van der Waals surface area contributed by atoms with Crippen molar-refractivity contribution in [2.75, 3.05) is 6.26 Å². The van der Waals surface area contributed by atoms with Crippen LogP contribution < -0.4 is 0 Å². The molecule has 50 valence electrons. The highest BCUT2D eigenvalue weighted by molar-refractivity contribution is 7.98. The lowest BCUT2D eigenvalue weighted by Crippen LogP contribution is -1.74. The third-order valence-corrected chi connectivity index (χ3v) is 1.65. The van der Waals surface area contributed by atoms with Crippen LogP contribution in [0.4, 0.5) is 0 Å². The van der Waals surface area contributed by atoms with Crippen LogP contribution in [0.1, 0.15) is 5.69 Å². The van der Waals surface area contributed by atoms with Crippen LogP contribution >= 0.6 is 23.4 Å². The number of aromatic nitrogens is 1. The second kappa shape index (κ2) is 3.13. The van der Waals surface area contributed by atoms with Gasteiger partial charge in [-0.3, -0.25) is 0 Å². The van der Waals surface area contributed by atoms with Crippen molar-refractivity contribution in [3.05, 3.63) is 12.0 Å². The molecule has 0 bridgehead atoms. The molecule has 0 aliphatic rings. The minimum atomic E-state index is 0.421. The van der Waals surface area contributed by atoms with Crippen molar-refractivity contribution in [2.45, 2.75) is 11.1 Å². The number of nitrogens with zero attached hydrogens (tertiary/aromatic N) is 1. The van der Waals surface area contributed by atoms with E-state index < -0.39 is 0 Å². The molecule has 1 heterocycles. The normalized spacial score (nSPS) is 10.0. The standard InChI is InChI=1S/C5H6ClNOS/c1-9-5-7-4(2-6)3-8-5/h3H,2H2,1H3. The van der Waals surface area contributed by atoms with E-state index in [0.29, 0.717) is 11.1 Å². The van der Waals surface area contributed by atoms with Crippen molar-refractivity contribution in [3.8, 4) is 0 Å². The summed E-state index contributed by atoms with van der Waals surface area (Å²) < 4.78 is 4.97. The summed E-state index contributed by atoms with van der Waals surface area (Å²) in [6.45, 7) is 0. The quantitative estimate of drug-likeness (QED) is 0.494. The van der Waals surface area contributed by atoms with Gasteiger partial charge in [0.15, 0.2) is 0 Å². The van der Waals surface area contributed by atoms with Gasteiger partial charge in [-0.2, -0.15) is 0 Å². The molecule has 0 N–H and O–H groups in total. The Labute approximate surface area is 62.6 Å². The summed E-state index contributed by atoms with van der Waals surface area (Å²) in [4.78, 5) is 4.01. The Kier molecular flexibility index (Phi) is 2.42. The van der Waals surface area contributed by atoms with E-state index in [4.69, 9.17) is 16.0 Å². The van der Waals surface area contributed by atoms with Gasteiger partial charge in [0.2, 0.25) is 0 Å².